The molecule has 0 saturated carbocycles. The van der Waals surface area contributed by atoms with E-state index >= 15 is 0 Å². The molecule has 0 amide bonds. The molecule has 0 aliphatic carbocycles. The number of hydroxylamine groups is 1. The summed E-state index contributed by atoms with van der Waals surface area (Å²) in [5, 5.41) is 0. The Morgan fingerprint density at radius 2 is 1.75 bits per heavy atom. The van der Waals surface area contributed by atoms with E-state index in [1.807, 2.05) is 0 Å². The second kappa shape index (κ2) is 7.56. The van der Waals surface area contributed by atoms with Gasteiger partial charge in [-0.2, -0.15) is 0 Å². The van der Waals surface area contributed by atoms with Gasteiger partial charge in [-0.25, -0.2) is 5.48 Å². The SMILES string of the molecule is CCC(CC)CNOCC(C)C. The van der Waals surface area contributed by atoms with Crippen LogP contribution in [0.25, 0.3) is 0 Å². The summed E-state index contributed by atoms with van der Waals surface area (Å²) in [7, 11) is 0. The summed E-state index contributed by atoms with van der Waals surface area (Å²) in [6, 6.07) is 0. The van der Waals surface area contributed by atoms with Gasteiger partial charge in [-0.1, -0.05) is 40.5 Å². The van der Waals surface area contributed by atoms with E-state index in [9.17, 15) is 0 Å². The minimum atomic E-state index is 0.610. The molecule has 0 aromatic rings. The van der Waals surface area contributed by atoms with E-state index in [1.54, 1.807) is 0 Å². The quantitative estimate of drug-likeness (QED) is 0.472. The van der Waals surface area contributed by atoms with Crippen molar-refractivity contribution in [1.82, 2.24) is 5.48 Å². The molecule has 0 heterocycles. The van der Waals surface area contributed by atoms with Gasteiger partial charge in [0.2, 0.25) is 0 Å². The monoisotopic (exact) mass is 173 g/mol. The smallest absolute Gasteiger partial charge is 0.0705 e. The van der Waals surface area contributed by atoms with Crippen LogP contribution in [0.2, 0.25) is 0 Å². The third-order valence-corrected chi connectivity index (χ3v) is 2.05. The number of rotatable bonds is 7. The summed E-state index contributed by atoms with van der Waals surface area (Å²) in [6.07, 6.45) is 2.46. The Bertz CT molecular complexity index is 89.8. The molecule has 0 bridgehead atoms. The number of nitrogens with one attached hydrogen (secondary N) is 1. The molecule has 0 spiro atoms. The van der Waals surface area contributed by atoms with Crippen molar-refractivity contribution in [3.63, 3.8) is 0 Å². The molecule has 12 heavy (non-hydrogen) atoms. The van der Waals surface area contributed by atoms with Crippen LogP contribution in [0.1, 0.15) is 40.5 Å². The third-order valence-electron chi connectivity index (χ3n) is 2.05. The Labute approximate surface area is 76.6 Å². The maximum atomic E-state index is 5.28. The van der Waals surface area contributed by atoms with Gasteiger partial charge in [0, 0.05) is 6.54 Å². The highest BCUT2D eigenvalue weighted by Gasteiger charge is 2.02. The molecule has 0 saturated heterocycles. The molecule has 0 unspecified atom stereocenters. The first-order valence-corrected chi connectivity index (χ1v) is 5.05. The zero-order valence-electron chi connectivity index (χ0n) is 8.89. The van der Waals surface area contributed by atoms with E-state index in [1.165, 1.54) is 12.8 Å². The maximum Gasteiger partial charge on any atom is 0.0705 e. The average Bonchev–Trinajstić information content (AvgIpc) is 2.04. The van der Waals surface area contributed by atoms with E-state index in [4.69, 9.17) is 4.84 Å². The van der Waals surface area contributed by atoms with Crippen molar-refractivity contribution >= 4 is 0 Å². The second-order valence-electron chi connectivity index (χ2n) is 3.74. The number of hydrogen-bond donors (Lipinski definition) is 1. The molecular formula is C10H23NO. The van der Waals surface area contributed by atoms with Crippen molar-refractivity contribution in [3.05, 3.63) is 0 Å². The van der Waals surface area contributed by atoms with E-state index in [-0.39, 0.29) is 0 Å². The summed E-state index contributed by atoms with van der Waals surface area (Å²) in [6.45, 7) is 10.5. The Hall–Kier alpha value is -0.0800. The Balaban J connectivity index is 3.17. The molecule has 0 rings (SSSR count). The largest absolute Gasteiger partial charge is 0.302 e. The zero-order valence-corrected chi connectivity index (χ0v) is 8.89. The Morgan fingerprint density at radius 3 is 2.17 bits per heavy atom. The van der Waals surface area contributed by atoms with Crippen LogP contribution in [-0.4, -0.2) is 13.2 Å². The first-order chi connectivity index (χ1) is 5.70. The van der Waals surface area contributed by atoms with Gasteiger partial charge >= 0.3 is 0 Å². The van der Waals surface area contributed by atoms with Gasteiger partial charge in [0.15, 0.2) is 0 Å². The van der Waals surface area contributed by atoms with Crippen molar-refractivity contribution in [2.24, 2.45) is 11.8 Å². The zero-order chi connectivity index (χ0) is 9.40. The molecule has 1 N–H and O–H groups in total. The van der Waals surface area contributed by atoms with Crippen LogP contribution in [0.4, 0.5) is 0 Å². The molecule has 0 radical (unpaired) electrons. The Kier molecular flexibility index (Phi) is 7.51. The van der Waals surface area contributed by atoms with Gasteiger partial charge in [-0.15, -0.1) is 0 Å². The van der Waals surface area contributed by atoms with Crippen LogP contribution in [0.5, 0.6) is 0 Å². The fourth-order valence-corrected chi connectivity index (χ4v) is 0.980. The molecule has 0 fully saturated rings. The summed E-state index contributed by atoms with van der Waals surface area (Å²) >= 11 is 0. The lowest BCUT2D eigenvalue weighted by atomic mass is 10.0. The lowest BCUT2D eigenvalue weighted by Gasteiger charge is -2.13. The third kappa shape index (κ3) is 6.62. The van der Waals surface area contributed by atoms with Gasteiger partial charge < -0.3 is 4.84 Å². The van der Waals surface area contributed by atoms with Crippen molar-refractivity contribution in [1.29, 1.82) is 0 Å². The van der Waals surface area contributed by atoms with Gasteiger partial charge in [0.1, 0.15) is 0 Å². The van der Waals surface area contributed by atoms with E-state index in [2.05, 4.69) is 33.2 Å². The molecule has 0 aromatic heterocycles. The molecule has 2 nitrogen and oxygen atoms in total. The summed E-state index contributed by atoms with van der Waals surface area (Å²) in [5.74, 6) is 1.37. The van der Waals surface area contributed by atoms with Crippen LogP contribution >= 0.6 is 0 Å². The lowest BCUT2D eigenvalue weighted by molar-refractivity contribution is 0.0154. The summed E-state index contributed by atoms with van der Waals surface area (Å²) in [5.41, 5.74) is 3.02. The highest BCUT2D eigenvalue weighted by atomic mass is 16.6. The van der Waals surface area contributed by atoms with Crippen LogP contribution in [0.3, 0.4) is 0 Å². The second-order valence-corrected chi connectivity index (χ2v) is 3.74. The summed E-state index contributed by atoms with van der Waals surface area (Å²) in [4.78, 5) is 5.28. The Morgan fingerprint density at radius 1 is 1.17 bits per heavy atom. The predicted molar refractivity (Wildman–Crippen MR) is 52.9 cm³/mol. The van der Waals surface area contributed by atoms with Crippen LogP contribution < -0.4 is 5.48 Å². The first-order valence-electron chi connectivity index (χ1n) is 5.05. The van der Waals surface area contributed by atoms with Crippen molar-refractivity contribution in [2.45, 2.75) is 40.5 Å². The highest BCUT2D eigenvalue weighted by Crippen LogP contribution is 2.04. The highest BCUT2D eigenvalue weighted by molar-refractivity contribution is 4.54. The predicted octanol–water partition coefficient (Wildman–Crippen LogP) is 2.60. The van der Waals surface area contributed by atoms with Gasteiger partial charge in [-0.05, 0) is 11.8 Å². The minimum absolute atomic E-state index is 0.610. The average molecular weight is 173 g/mol. The topological polar surface area (TPSA) is 21.3 Å². The first kappa shape index (κ1) is 11.9. The van der Waals surface area contributed by atoms with Crippen LogP contribution in [0, 0.1) is 11.8 Å². The van der Waals surface area contributed by atoms with Crippen molar-refractivity contribution in [3.8, 4) is 0 Å². The molecule has 0 atom stereocenters. The van der Waals surface area contributed by atoms with E-state index < -0.39 is 0 Å². The van der Waals surface area contributed by atoms with Gasteiger partial charge in [-0.3, -0.25) is 0 Å². The fourth-order valence-electron chi connectivity index (χ4n) is 0.980. The van der Waals surface area contributed by atoms with Crippen LogP contribution in [-0.2, 0) is 4.84 Å². The maximum absolute atomic E-state index is 5.28. The van der Waals surface area contributed by atoms with E-state index in [0.717, 1.165) is 19.1 Å². The van der Waals surface area contributed by atoms with Crippen molar-refractivity contribution < 1.29 is 4.84 Å². The molecule has 74 valence electrons. The van der Waals surface area contributed by atoms with Crippen LogP contribution in [0.15, 0.2) is 0 Å². The minimum Gasteiger partial charge on any atom is -0.302 e. The molecular weight excluding hydrogens is 150 g/mol. The number of hydrogen-bond acceptors (Lipinski definition) is 2. The fraction of sp³-hybridized carbons (Fsp3) is 1.00. The molecule has 2 heteroatoms. The standard InChI is InChI=1S/C10H23NO/c1-5-10(6-2)7-11-12-8-9(3)4/h9-11H,5-8H2,1-4H3. The molecule has 0 aliphatic heterocycles. The lowest BCUT2D eigenvalue weighted by Crippen LogP contribution is -2.24. The van der Waals surface area contributed by atoms with Crippen molar-refractivity contribution in [2.75, 3.05) is 13.2 Å². The molecule has 0 aromatic carbocycles. The normalized spacial score (nSPS) is 11.5. The summed E-state index contributed by atoms with van der Waals surface area (Å²) < 4.78 is 0. The van der Waals surface area contributed by atoms with E-state index in [0.29, 0.717) is 5.92 Å². The molecule has 0 aliphatic rings. The van der Waals surface area contributed by atoms with Gasteiger partial charge in [0.05, 0.1) is 6.61 Å². The van der Waals surface area contributed by atoms with Gasteiger partial charge in [0.25, 0.3) is 0 Å².